The van der Waals surface area contributed by atoms with Crippen LogP contribution < -0.4 is 14.8 Å². The lowest BCUT2D eigenvalue weighted by molar-refractivity contribution is -0.137. The van der Waals surface area contributed by atoms with Crippen LogP contribution in [0.5, 0.6) is 11.5 Å². The standard InChI is InChI=1S/C35H34F2N2O6/c1-3-45-32-20-23(12-15-31(32)44-2)16-18-39(19-17-33(40)41)35(43)29-11-7-5-9-27(29)26-8-4-6-10-28(26)34(42)38-22-24-21-25(36)13-14-30(24)37/h4-15,20-21H,3,16-19,22H2,1-2H3,(H,38,42)(H,40,41). The van der Waals surface area contributed by atoms with Crippen LogP contribution in [0.25, 0.3) is 11.1 Å². The maximum Gasteiger partial charge on any atom is 0.305 e. The average Bonchev–Trinajstić information content (AvgIpc) is 3.05. The van der Waals surface area contributed by atoms with Crippen LogP contribution >= 0.6 is 0 Å². The van der Waals surface area contributed by atoms with E-state index in [1.807, 2.05) is 19.1 Å². The highest BCUT2D eigenvalue weighted by molar-refractivity contribution is 6.06. The van der Waals surface area contributed by atoms with E-state index < -0.39 is 29.4 Å². The highest BCUT2D eigenvalue weighted by Crippen LogP contribution is 2.30. The number of carboxylic acids is 1. The van der Waals surface area contributed by atoms with Crippen LogP contribution in [0.1, 0.15) is 45.2 Å². The van der Waals surface area contributed by atoms with E-state index in [1.165, 1.54) is 4.90 Å². The number of halogens is 2. The first kappa shape index (κ1) is 32.7. The van der Waals surface area contributed by atoms with Crippen molar-refractivity contribution in [3.8, 4) is 22.6 Å². The molecule has 234 valence electrons. The number of carbonyl (C=O) groups is 3. The summed E-state index contributed by atoms with van der Waals surface area (Å²) in [4.78, 5) is 40.2. The van der Waals surface area contributed by atoms with Gasteiger partial charge in [0.05, 0.1) is 20.1 Å². The van der Waals surface area contributed by atoms with E-state index in [-0.39, 0.29) is 42.7 Å². The first-order valence-corrected chi connectivity index (χ1v) is 14.4. The molecule has 10 heteroatoms. The summed E-state index contributed by atoms with van der Waals surface area (Å²) in [6.07, 6.45) is 0.170. The molecule has 0 heterocycles. The Bertz CT molecular complexity index is 1680. The molecule has 0 aliphatic rings. The lowest BCUT2D eigenvalue weighted by Gasteiger charge is -2.24. The minimum absolute atomic E-state index is 0.00396. The molecular weight excluding hydrogens is 582 g/mol. The number of ether oxygens (including phenoxy) is 2. The van der Waals surface area contributed by atoms with Gasteiger partial charge in [-0.1, -0.05) is 42.5 Å². The van der Waals surface area contributed by atoms with Crippen LogP contribution in [0.15, 0.2) is 84.9 Å². The van der Waals surface area contributed by atoms with E-state index in [1.54, 1.807) is 61.7 Å². The maximum atomic E-state index is 14.1. The fourth-order valence-electron chi connectivity index (χ4n) is 4.89. The minimum atomic E-state index is -1.04. The normalized spacial score (nSPS) is 10.7. The number of aliphatic carboxylic acids is 1. The molecule has 45 heavy (non-hydrogen) atoms. The SMILES string of the molecule is CCOc1cc(CCN(CCC(=O)O)C(=O)c2ccccc2-c2ccccc2C(=O)NCc2cc(F)ccc2F)ccc1OC. The van der Waals surface area contributed by atoms with Gasteiger partial charge < -0.3 is 24.8 Å². The van der Waals surface area contributed by atoms with Gasteiger partial charge in [-0.05, 0) is 72.5 Å². The van der Waals surface area contributed by atoms with Gasteiger partial charge >= 0.3 is 5.97 Å². The highest BCUT2D eigenvalue weighted by atomic mass is 19.1. The van der Waals surface area contributed by atoms with Crippen molar-refractivity contribution in [2.24, 2.45) is 0 Å². The molecule has 0 atom stereocenters. The Balaban J connectivity index is 1.61. The van der Waals surface area contributed by atoms with Crippen molar-refractivity contribution in [2.45, 2.75) is 26.3 Å². The van der Waals surface area contributed by atoms with Gasteiger partial charge in [-0.25, -0.2) is 8.78 Å². The lowest BCUT2D eigenvalue weighted by Crippen LogP contribution is -2.35. The summed E-state index contributed by atoms with van der Waals surface area (Å²) in [6.45, 7) is 2.26. The number of methoxy groups -OCH3 is 1. The van der Waals surface area contributed by atoms with Crippen LogP contribution in [0.3, 0.4) is 0 Å². The number of benzene rings is 4. The molecule has 4 rings (SSSR count). The average molecular weight is 617 g/mol. The van der Waals surface area contributed by atoms with E-state index in [2.05, 4.69) is 5.32 Å². The van der Waals surface area contributed by atoms with Gasteiger partial charge in [0.15, 0.2) is 11.5 Å². The summed E-state index contributed by atoms with van der Waals surface area (Å²) in [6, 6.07) is 21.9. The maximum absolute atomic E-state index is 14.1. The molecule has 0 saturated heterocycles. The van der Waals surface area contributed by atoms with Crippen molar-refractivity contribution < 1.29 is 37.7 Å². The number of carbonyl (C=O) groups excluding carboxylic acids is 2. The minimum Gasteiger partial charge on any atom is -0.493 e. The number of amides is 2. The first-order valence-electron chi connectivity index (χ1n) is 14.4. The Labute approximate surface area is 260 Å². The third-order valence-corrected chi connectivity index (χ3v) is 7.15. The monoisotopic (exact) mass is 616 g/mol. The van der Waals surface area contributed by atoms with Crippen LogP contribution in [0.2, 0.25) is 0 Å². The Morgan fingerprint density at radius 1 is 0.844 bits per heavy atom. The molecular formula is C35H34F2N2O6. The molecule has 0 radical (unpaired) electrons. The van der Waals surface area contributed by atoms with Gasteiger partial charge in [0.1, 0.15) is 11.6 Å². The number of nitrogens with one attached hydrogen (secondary N) is 1. The Morgan fingerprint density at radius 2 is 1.53 bits per heavy atom. The second-order valence-electron chi connectivity index (χ2n) is 10.1. The fraction of sp³-hybridized carbons (Fsp3) is 0.229. The molecule has 2 N–H and O–H groups in total. The smallest absolute Gasteiger partial charge is 0.305 e. The van der Waals surface area contributed by atoms with Crippen LogP contribution in [-0.2, 0) is 17.8 Å². The summed E-state index contributed by atoms with van der Waals surface area (Å²) in [5, 5.41) is 12.0. The van der Waals surface area contributed by atoms with Crippen molar-refractivity contribution in [3.63, 3.8) is 0 Å². The summed E-state index contributed by atoms with van der Waals surface area (Å²) in [5.41, 5.74) is 2.30. The molecule has 4 aromatic carbocycles. The van der Waals surface area contributed by atoms with Gasteiger partial charge in [-0.3, -0.25) is 14.4 Å². The topological polar surface area (TPSA) is 105 Å². The van der Waals surface area contributed by atoms with Gasteiger partial charge in [0.25, 0.3) is 11.8 Å². The zero-order valence-corrected chi connectivity index (χ0v) is 25.0. The van der Waals surface area contributed by atoms with Crippen molar-refractivity contribution >= 4 is 17.8 Å². The zero-order chi connectivity index (χ0) is 32.3. The van der Waals surface area contributed by atoms with E-state index in [4.69, 9.17) is 9.47 Å². The largest absolute Gasteiger partial charge is 0.493 e. The zero-order valence-electron chi connectivity index (χ0n) is 25.0. The number of nitrogens with zero attached hydrogens (tertiary/aromatic N) is 1. The van der Waals surface area contributed by atoms with Crippen LogP contribution in [0, 0.1) is 11.6 Å². The van der Waals surface area contributed by atoms with Crippen molar-refractivity contribution in [3.05, 3.63) is 119 Å². The molecule has 0 aromatic heterocycles. The third kappa shape index (κ3) is 8.44. The summed E-state index contributed by atoms with van der Waals surface area (Å²) < 4.78 is 38.8. The molecule has 2 amide bonds. The fourth-order valence-corrected chi connectivity index (χ4v) is 4.89. The van der Waals surface area contributed by atoms with Crippen LogP contribution in [-0.4, -0.2) is 54.6 Å². The second-order valence-corrected chi connectivity index (χ2v) is 10.1. The number of hydrogen-bond donors (Lipinski definition) is 2. The molecule has 0 aliphatic carbocycles. The Morgan fingerprint density at radius 3 is 2.22 bits per heavy atom. The van der Waals surface area contributed by atoms with E-state index in [0.29, 0.717) is 35.7 Å². The first-order chi connectivity index (χ1) is 21.7. The molecule has 0 fully saturated rings. The number of rotatable bonds is 14. The third-order valence-electron chi connectivity index (χ3n) is 7.15. The van der Waals surface area contributed by atoms with Gasteiger partial charge in [0.2, 0.25) is 0 Å². The molecule has 0 aliphatic heterocycles. The summed E-state index contributed by atoms with van der Waals surface area (Å²) in [7, 11) is 1.55. The van der Waals surface area contributed by atoms with Crippen molar-refractivity contribution in [1.29, 1.82) is 0 Å². The quantitative estimate of drug-likeness (QED) is 0.177. The van der Waals surface area contributed by atoms with Gasteiger partial charge in [-0.15, -0.1) is 0 Å². The predicted octanol–water partition coefficient (Wildman–Crippen LogP) is 6.13. The molecule has 0 saturated carbocycles. The summed E-state index contributed by atoms with van der Waals surface area (Å²) in [5.74, 6) is -2.10. The van der Waals surface area contributed by atoms with E-state index >= 15 is 0 Å². The van der Waals surface area contributed by atoms with Gasteiger partial charge in [0, 0.05) is 36.3 Å². The Hall–Kier alpha value is -5.25. The number of carboxylic acid groups (broad SMARTS) is 1. The highest BCUT2D eigenvalue weighted by Gasteiger charge is 2.23. The second kappa shape index (κ2) is 15.5. The van der Waals surface area contributed by atoms with E-state index in [0.717, 1.165) is 23.8 Å². The molecule has 4 aromatic rings. The van der Waals surface area contributed by atoms with E-state index in [9.17, 15) is 28.3 Å². The lowest BCUT2D eigenvalue weighted by atomic mass is 9.94. The number of hydrogen-bond acceptors (Lipinski definition) is 5. The predicted molar refractivity (Wildman–Crippen MR) is 165 cm³/mol. The molecule has 0 bridgehead atoms. The molecule has 8 nitrogen and oxygen atoms in total. The van der Waals surface area contributed by atoms with Crippen molar-refractivity contribution in [2.75, 3.05) is 26.8 Å². The molecule has 0 unspecified atom stereocenters. The molecule has 0 spiro atoms. The van der Waals surface area contributed by atoms with Gasteiger partial charge in [-0.2, -0.15) is 0 Å². The summed E-state index contributed by atoms with van der Waals surface area (Å²) >= 11 is 0. The van der Waals surface area contributed by atoms with Crippen molar-refractivity contribution in [1.82, 2.24) is 10.2 Å². The van der Waals surface area contributed by atoms with Crippen LogP contribution in [0.4, 0.5) is 8.78 Å². The Kier molecular flexibility index (Phi) is 11.2.